The number of hydrogen-bond donors (Lipinski definition) is 4. The molecule has 10 heteroatoms. The number of methoxy groups -OCH3 is 1. The second-order valence-corrected chi connectivity index (χ2v) is 8.23. The Morgan fingerprint density at radius 3 is 2.91 bits per heavy atom. The molecule has 2 heterocycles. The Bertz CT molecular complexity index is 1060. The largest absolute Gasteiger partial charge is 0.497 e. The minimum Gasteiger partial charge on any atom is -0.497 e. The van der Waals surface area contributed by atoms with Crippen LogP contribution in [0.3, 0.4) is 0 Å². The van der Waals surface area contributed by atoms with Crippen LogP contribution in [0, 0.1) is 0 Å². The molecule has 3 atom stereocenters. The minimum absolute atomic E-state index is 0.0314. The molecule has 0 aliphatic heterocycles. The predicted molar refractivity (Wildman–Crippen MR) is 118 cm³/mol. The van der Waals surface area contributed by atoms with Crippen molar-refractivity contribution in [2.75, 3.05) is 7.11 Å². The highest BCUT2D eigenvalue weighted by atomic mass is 16.5. The van der Waals surface area contributed by atoms with E-state index in [-0.39, 0.29) is 23.8 Å². The van der Waals surface area contributed by atoms with Gasteiger partial charge in [0.2, 0.25) is 5.91 Å². The summed E-state index contributed by atoms with van der Waals surface area (Å²) in [5.41, 5.74) is 1.24. The van der Waals surface area contributed by atoms with Crippen LogP contribution in [0.2, 0.25) is 0 Å². The van der Waals surface area contributed by atoms with Crippen LogP contribution in [-0.2, 0) is 4.79 Å². The Kier molecular flexibility index (Phi) is 6.67. The van der Waals surface area contributed by atoms with Crippen molar-refractivity contribution in [3.63, 3.8) is 0 Å². The van der Waals surface area contributed by atoms with Gasteiger partial charge in [-0.15, -0.1) is 10.2 Å². The van der Waals surface area contributed by atoms with Gasteiger partial charge in [0.15, 0.2) is 5.82 Å². The average Bonchev–Trinajstić information content (AvgIpc) is 3.55. The number of H-pyrrole nitrogens is 2. The monoisotopic (exact) mass is 439 g/mol. The molecular formula is C22H29N7O3. The molecule has 10 nitrogen and oxygen atoms in total. The van der Waals surface area contributed by atoms with Crippen molar-refractivity contribution in [3.05, 3.63) is 35.8 Å². The lowest BCUT2D eigenvalue weighted by Gasteiger charge is -2.23. The molecule has 1 saturated carbocycles. The van der Waals surface area contributed by atoms with Crippen LogP contribution in [0.1, 0.15) is 67.7 Å². The van der Waals surface area contributed by atoms with Gasteiger partial charge in [-0.25, -0.2) is 0 Å². The molecule has 4 rings (SSSR count). The van der Waals surface area contributed by atoms with E-state index in [9.17, 15) is 9.59 Å². The lowest BCUT2D eigenvalue weighted by molar-refractivity contribution is -0.124. The summed E-state index contributed by atoms with van der Waals surface area (Å²) in [5.74, 6) is 0.887. The first-order chi connectivity index (χ1) is 15.6. The van der Waals surface area contributed by atoms with E-state index in [1.165, 1.54) is 0 Å². The second kappa shape index (κ2) is 9.80. The molecule has 0 unspecified atom stereocenters. The number of amides is 2. The second-order valence-electron chi connectivity index (χ2n) is 8.23. The number of aromatic nitrogens is 5. The van der Waals surface area contributed by atoms with Crippen molar-refractivity contribution in [2.24, 2.45) is 0 Å². The molecule has 4 N–H and O–H groups in total. The van der Waals surface area contributed by atoms with Crippen molar-refractivity contribution < 1.29 is 14.3 Å². The van der Waals surface area contributed by atoms with Crippen molar-refractivity contribution >= 4 is 22.7 Å². The van der Waals surface area contributed by atoms with Crippen LogP contribution in [0.15, 0.2) is 24.3 Å². The Morgan fingerprint density at radius 2 is 2.16 bits per heavy atom. The molecule has 170 valence electrons. The molecule has 1 aliphatic rings. The molecular weight excluding hydrogens is 410 g/mol. The molecule has 1 aliphatic carbocycles. The fraction of sp³-hybridized carbons (Fsp3) is 0.500. The van der Waals surface area contributed by atoms with Crippen LogP contribution in [0.25, 0.3) is 10.9 Å². The van der Waals surface area contributed by atoms with Crippen molar-refractivity contribution in [3.8, 4) is 5.75 Å². The summed E-state index contributed by atoms with van der Waals surface area (Å²) in [7, 11) is 1.60. The number of carbonyl (C=O) groups excluding carboxylic acids is 2. The lowest BCUT2D eigenvalue weighted by Crippen LogP contribution is -2.50. The Labute approximate surface area is 185 Å². The molecule has 0 spiro atoms. The summed E-state index contributed by atoms with van der Waals surface area (Å²) < 4.78 is 5.25. The molecule has 0 radical (unpaired) electrons. The first kappa shape index (κ1) is 21.8. The fourth-order valence-corrected chi connectivity index (χ4v) is 4.32. The average molecular weight is 440 g/mol. The molecule has 3 aromatic rings. The number of rotatable bonds is 9. The predicted octanol–water partition coefficient (Wildman–Crippen LogP) is 2.43. The highest BCUT2D eigenvalue weighted by Gasteiger charge is 2.34. The van der Waals surface area contributed by atoms with Gasteiger partial charge in [0, 0.05) is 22.9 Å². The molecule has 0 bridgehead atoms. The number of benzene rings is 1. The first-order valence-electron chi connectivity index (χ1n) is 11.1. The summed E-state index contributed by atoms with van der Waals surface area (Å²) in [6.45, 7) is 2.06. The van der Waals surface area contributed by atoms with Gasteiger partial charge < -0.3 is 20.4 Å². The molecule has 1 fully saturated rings. The topological polar surface area (TPSA) is 138 Å². The number of hydrogen-bond acceptors (Lipinski definition) is 6. The van der Waals surface area contributed by atoms with Gasteiger partial charge in [-0.05, 0) is 43.5 Å². The zero-order valence-corrected chi connectivity index (χ0v) is 18.4. The third-order valence-corrected chi connectivity index (χ3v) is 6.08. The number of tetrazole rings is 1. The van der Waals surface area contributed by atoms with Crippen molar-refractivity contribution in [1.29, 1.82) is 0 Å². The standard InChI is InChI=1S/C22H29N7O3/c1-3-4-7-18(21(30)24-17-8-5-6-15(17)20-26-28-29-27-20)25-22(31)19-12-13-11-14(32-2)9-10-16(13)23-19/h9-12,15,17-18,23H,3-8H2,1-2H3,(H,24,30)(H,25,31)(H,26,27,28,29)/t15-,17+,18+/m1/s1. The van der Waals surface area contributed by atoms with Crippen LogP contribution >= 0.6 is 0 Å². The summed E-state index contributed by atoms with van der Waals surface area (Å²) in [5, 5.41) is 21.2. The number of nitrogens with one attached hydrogen (secondary N) is 4. The number of carbonyl (C=O) groups is 2. The lowest BCUT2D eigenvalue weighted by atomic mass is 10.0. The first-order valence-corrected chi connectivity index (χ1v) is 11.1. The maximum Gasteiger partial charge on any atom is 0.268 e. The maximum atomic E-state index is 13.1. The van der Waals surface area contributed by atoms with E-state index in [0.29, 0.717) is 17.9 Å². The highest BCUT2D eigenvalue weighted by Crippen LogP contribution is 2.32. The van der Waals surface area contributed by atoms with Gasteiger partial charge in [-0.1, -0.05) is 31.4 Å². The van der Waals surface area contributed by atoms with Gasteiger partial charge in [0.05, 0.1) is 7.11 Å². The third-order valence-electron chi connectivity index (χ3n) is 6.08. The Hall–Kier alpha value is -3.43. The Balaban J connectivity index is 1.45. The summed E-state index contributed by atoms with van der Waals surface area (Å²) >= 11 is 0. The molecule has 32 heavy (non-hydrogen) atoms. The van der Waals surface area contributed by atoms with Crippen molar-refractivity contribution in [1.82, 2.24) is 36.2 Å². The molecule has 2 aromatic heterocycles. The minimum atomic E-state index is -0.616. The smallest absolute Gasteiger partial charge is 0.268 e. The number of aromatic amines is 2. The SMILES string of the molecule is CCCC[C@H](NC(=O)c1cc2cc(OC)ccc2[nH]1)C(=O)N[C@H]1CCC[C@H]1c1nn[nH]n1. The van der Waals surface area contributed by atoms with Crippen LogP contribution in [0.5, 0.6) is 5.75 Å². The van der Waals surface area contributed by atoms with E-state index in [0.717, 1.165) is 48.8 Å². The zero-order valence-electron chi connectivity index (χ0n) is 18.4. The maximum absolute atomic E-state index is 13.1. The number of nitrogens with zero attached hydrogens (tertiary/aromatic N) is 3. The van der Waals surface area contributed by atoms with E-state index in [1.54, 1.807) is 13.2 Å². The normalized spacial score (nSPS) is 19.1. The molecule has 1 aromatic carbocycles. The number of fused-ring (bicyclic) bond motifs is 1. The highest BCUT2D eigenvalue weighted by molar-refractivity contribution is 6.00. The fourth-order valence-electron chi connectivity index (χ4n) is 4.32. The quantitative estimate of drug-likeness (QED) is 0.404. The van der Waals surface area contributed by atoms with Crippen LogP contribution in [-0.4, -0.2) is 56.6 Å². The van der Waals surface area contributed by atoms with E-state index in [4.69, 9.17) is 4.74 Å². The van der Waals surface area contributed by atoms with E-state index in [2.05, 4.69) is 43.2 Å². The zero-order chi connectivity index (χ0) is 22.5. The third kappa shape index (κ3) is 4.74. The van der Waals surface area contributed by atoms with Gasteiger partial charge >= 0.3 is 0 Å². The van der Waals surface area contributed by atoms with Gasteiger partial charge in [-0.3, -0.25) is 9.59 Å². The summed E-state index contributed by atoms with van der Waals surface area (Å²) in [6, 6.07) is 6.65. The Morgan fingerprint density at radius 1 is 1.28 bits per heavy atom. The van der Waals surface area contributed by atoms with E-state index >= 15 is 0 Å². The van der Waals surface area contributed by atoms with Crippen molar-refractivity contribution in [2.45, 2.75) is 63.5 Å². The molecule has 0 saturated heterocycles. The van der Waals surface area contributed by atoms with Gasteiger partial charge in [0.1, 0.15) is 17.5 Å². The van der Waals surface area contributed by atoms with Crippen LogP contribution < -0.4 is 15.4 Å². The molecule has 2 amide bonds. The number of ether oxygens (including phenoxy) is 1. The van der Waals surface area contributed by atoms with Crippen LogP contribution in [0.4, 0.5) is 0 Å². The van der Waals surface area contributed by atoms with Gasteiger partial charge in [0.25, 0.3) is 5.91 Å². The summed E-state index contributed by atoms with van der Waals surface area (Å²) in [4.78, 5) is 29.2. The van der Waals surface area contributed by atoms with E-state index in [1.807, 2.05) is 18.2 Å². The van der Waals surface area contributed by atoms with Gasteiger partial charge in [-0.2, -0.15) is 5.21 Å². The summed E-state index contributed by atoms with van der Waals surface area (Å²) in [6.07, 6.45) is 5.07. The number of unbranched alkanes of at least 4 members (excludes halogenated alkanes) is 1. The van der Waals surface area contributed by atoms with E-state index < -0.39 is 6.04 Å².